The Bertz CT molecular complexity index is 466. The van der Waals surface area contributed by atoms with Gasteiger partial charge in [0.2, 0.25) is 0 Å². The van der Waals surface area contributed by atoms with Crippen LogP contribution in [0.15, 0.2) is 15.2 Å². The number of methoxy groups -OCH3 is 1. The normalized spacial score (nSPS) is 11.9. The van der Waals surface area contributed by atoms with Gasteiger partial charge in [0.15, 0.2) is 0 Å². The van der Waals surface area contributed by atoms with Gasteiger partial charge in [0.05, 0.1) is 3.79 Å². The molecule has 1 heterocycles. The van der Waals surface area contributed by atoms with E-state index in [4.69, 9.17) is 9.84 Å². The Labute approximate surface area is 129 Å². The predicted octanol–water partition coefficient (Wildman–Crippen LogP) is 2.14. The van der Waals surface area contributed by atoms with E-state index in [0.717, 1.165) is 9.35 Å². The van der Waals surface area contributed by atoms with Gasteiger partial charge in [0.25, 0.3) is 0 Å². The minimum atomic E-state index is -1.07. The van der Waals surface area contributed by atoms with Gasteiger partial charge in [0, 0.05) is 33.7 Å². The summed E-state index contributed by atoms with van der Waals surface area (Å²) < 4.78 is 5.82. The zero-order valence-electron chi connectivity index (χ0n) is 11.3. The van der Waals surface area contributed by atoms with Crippen molar-refractivity contribution < 1.29 is 19.4 Å². The maximum Gasteiger partial charge on any atom is 0.326 e. The molecule has 0 spiro atoms. The first kappa shape index (κ1) is 16.9. The van der Waals surface area contributed by atoms with Gasteiger partial charge in [-0.3, -0.25) is 0 Å². The van der Waals surface area contributed by atoms with E-state index in [1.54, 1.807) is 7.05 Å². The number of hydrogen-bond acceptors (Lipinski definition) is 4. The van der Waals surface area contributed by atoms with Crippen molar-refractivity contribution in [1.29, 1.82) is 0 Å². The fourth-order valence-corrected chi connectivity index (χ4v) is 2.73. The molecular formula is C12H17BrN2O4S. The highest BCUT2D eigenvalue weighted by Gasteiger charge is 2.21. The zero-order valence-corrected chi connectivity index (χ0v) is 13.7. The lowest BCUT2D eigenvalue weighted by Crippen LogP contribution is -2.46. The van der Waals surface area contributed by atoms with E-state index in [9.17, 15) is 9.59 Å². The van der Waals surface area contributed by atoms with Crippen molar-refractivity contribution in [2.45, 2.75) is 19.0 Å². The molecule has 112 valence electrons. The molecule has 1 atom stereocenters. The maximum atomic E-state index is 11.9. The van der Waals surface area contributed by atoms with Gasteiger partial charge < -0.3 is 20.1 Å². The van der Waals surface area contributed by atoms with Crippen LogP contribution in [0, 0.1) is 0 Å². The lowest BCUT2D eigenvalue weighted by molar-refractivity contribution is -0.139. The lowest BCUT2D eigenvalue weighted by atomic mass is 10.2. The summed E-state index contributed by atoms with van der Waals surface area (Å²) in [5.74, 6) is -1.07. The average Bonchev–Trinajstić information content (AvgIpc) is 2.79. The van der Waals surface area contributed by atoms with Crippen molar-refractivity contribution >= 4 is 39.3 Å². The summed E-state index contributed by atoms with van der Waals surface area (Å²) in [5, 5.41) is 13.4. The minimum absolute atomic E-state index is 0.232. The molecule has 0 saturated heterocycles. The minimum Gasteiger partial charge on any atom is -0.480 e. The van der Waals surface area contributed by atoms with Gasteiger partial charge >= 0.3 is 12.0 Å². The van der Waals surface area contributed by atoms with Gasteiger partial charge in [-0.25, -0.2) is 9.59 Å². The number of halogens is 1. The first-order valence-electron chi connectivity index (χ1n) is 5.90. The van der Waals surface area contributed by atoms with Gasteiger partial charge in [-0.1, -0.05) is 0 Å². The third kappa shape index (κ3) is 5.48. The van der Waals surface area contributed by atoms with E-state index >= 15 is 0 Å². The SMILES string of the molecule is COCCC(NC(=O)N(C)Cc1csc(Br)c1)C(=O)O. The molecular weight excluding hydrogens is 348 g/mol. The molecule has 20 heavy (non-hydrogen) atoms. The molecule has 0 radical (unpaired) electrons. The number of ether oxygens (including phenoxy) is 1. The van der Waals surface area contributed by atoms with Crippen LogP contribution in [0.2, 0.25) is 0 Å². The quantitative estimate of drug-likeness (QED) is 0.776. The van der Waals surface area contributed by atoms with Crippen LogP contribution in [0.4, 0.5) is 4.79 Å². The lowest BCUT2D eigenvalue weighted by Gasteiger charge is -2.21. The molecule has 1 aromatic heterocycles. The summed E-state index contributed by atoms with van der Waals surface area (Å²) in [6.07, 6.45) is 0.232. The van der Waals surface area contributed by atoms with Crippen LogP contribution in [0.1, 0.15) is 12.0 Å². The van der Waals surface area contributed by atoms with Gasteiger partial charge in [0.1, 0.15) is 6.04 Å². The summed E-state index contributed by atoms with van der Waals surface area (Å²) >= 11 is 4.89. The van der Waals surface area contributed by atoms with Crippen LogP contribution in [0.3, 0.4) is 0 Å². The summed E-state index contributed by atoms with van der Waals surface area (Å²) in [5.41, 5.74) is 0.989. The second-order valence-electron chi connectivity index (χ2n) is 4.24. The summed E-state index contributed by atoms with van der Waals surface area (Å²) in [4.78, 5) is 24.4. The van der Waals surface area contributed by atoms with Gasteiger partial charge in [-0.2, -0.15) is 0 Å². The zero-order chi connectivity index (χ0) is 15.1. The second-order valence-corrected chi connectivity index (χ2v) is 6.53. The van der Waals surface area contributed by atoms with Crippen LogP contribution >= 0.6 is 27.3 Å². The molecule has 0 fully saturated rings. The molecule has 0 aliphatic heterocycles. The number of hydrogen-bond donors (Lipinski definition) is 2. The molecule has 2 N–H and O–H groups in total. The number of carboxylic acids is 1. The summed E-state index contributed by atoms with van der Waals surface area (Å²) in [6.45, 7) is 0.697. The van der Waals surface area contributed by atoms with Crippen LogP contribution in [-0.4, -0.2) is 48.8 Å². The van der Waals surface area contributed by atoms with Crippen LogP contribution in [-0.2, 0) is 16.1 Å². The monoisotopic (exact) mass is 364 g/mol. The molecule has 1 rings (SSSR count). The Morgan fingerprint density at radius 2 is 2.30 bits per heavy atom. The van der Waals surface area contributed by atoms with Crippen molar-refractivity contribution in [3.05, 3.63) is 20.8 Å². The largest absolute Gasteiger partial charge is 0.480 e. The number of carboxylic acid groups (broad SMARTS) is 1. The highest BCUT2D eigenvalue weighted by molar-refractivity contribution is 9.11. The topological polar surface area (TPSA) is 78.9 Å². The van der Waals surface area contributed by atoms with Crippen LogP contribution in [0.5, 0.6) is 0 Å². The number of nitrogens with one attached hydrogen (secondary N) is 1. The Morgan fingerprint density at radius 1 is 1.60 bits per heavy atom. The summed E-state index contributed by atoms with van der Waals surface area (Å²) in [6, 6.07) is 0.559. The maximum absolute atomic E-state index is 11.9. The number of thiophene rings is 1. The van der Waals surface area contributed by atoms with Gasteiger partial charge in [-0.05, 0) is 32.9 Å². The third-order valence-corrected chi connectivity index (χ3v) is 4.15. The van der Waals surface area contributed by atoms with Gasteiger partial charge in [-0.15, -0.1) is 11.3 Å². The summed E-state index contributed by atoms with van der Waals surface area (Å²) in [7, 11) is 3.11. The Balaban J connectivity index is 2.52. The van der Waals surface area contributed by atoms with E-state index in [0.29, 0.717) is 6.54 Å². The number of carbonyl (C=O) groups is 2. The fourth-order valence-electron chi connectivity index (χ4n) is 1.53. The van der Waals surface area contributed by atoms with E-state index < -0.39 is 18.0 Å². The molecule has 0 saturated carbocycles. The van der Waals surface area contributed by atoms with Crippen molar-refractivity contribution in [2.75, 3.05) is 20.8 Å². The highest BCUT2D eigenvalue weighted by atomic mass is 79.9. The molecule has 0 bridgehead atoms. The van der Waals surface area contributed by atoms with E-state index in [-0.39, 0.29) is 13.0 Å². The average molecular weight is 365 g/mol. The first-order chi connectivity index (χ1) is 9.43. The van der Waals surface area contributed by atoms with Crippen molar-refractivity contribution in [3.63, 3.8) is 0 Å². The standard InChI is InChI=1S/C12H17BrN2O4S/c1-15(6-8-5-10(13)20-7-8)12(18)14-9(11(16)17)3-4-19-2/h5,7,9H,3-4,6H2,1-2H3,(H,14,18)(H,16,17). The molecule has 1 aromatic rings. The number of nitrogens with zero attached hydrogens (tertiary/aromatic N) is 1. The van der Waals surface area contributed by atoms with E-state index in [1.165, 1.54) is 23.3 Å². The predicted molar refractivity (Wildman–Crippen MR) is 79.9 cm³/mol. The molecule has 2 amide bonds. The van der Waals surface area contributed by atoms with Crippen molar-refractivity contribution in [1.82, 2.24) is 10.2 Å². The number of urea groups is 1. The molecule has 0 aliphatic rings. The Kier molecular flexibility index (Phi) is 6.97. The third-order valence-electron chi connectivity index (χ3n) is 2.59. The van der Waals surface area contributed by atoms with Crippen molar-refractivity contribution in [2.24, 2.45) is 0 Å². The van der Waals surface area contributed by atoms with Crippen LogP contribution < -0.4 is 5.32 Å². The fraction of sp³-hybridized carbons (Fsp3) is 0.500. The van der Waals surface area contributed by atoms with Crippen LogP contribution in [0.25, 0.3) is 0 Å². The Morgan fingerprint density at radius 3 is 2.80 bits per heavy atom. The van der Waals surface area contributed by atoms with E-state index in [2.05, 4.69) is 21.2 Å². The molecule has 6 nitrogen and oxygen atoms in total. The number of carbonyl (C=O) groups excluding carboxylic acids is 1. The molecule has 8 heteroatoms. The highest BCUT2D eigenvalue weighted by Crippen LogP contribution is 2.21. The molecule has 0 aliphatic carbocycles. The molecule has 1 unspecified atom stereocenters. The van der Waals surface area contributed by atoms with E-state index in [1.807, 2.05) is 11.4 Å². The molecule has 0 aromatic carbocycles. The van der Waals surface area contributed by atoms with Crippen molar-refractivity contribution in [3.8, 4) is 0 Å². The second kappa shape index (κ2) is 8.23. The Hall–Kier alpha value is -1.12. The number of aliphatic carboxylic acids is 1. The first-order valence-corrected chi connectivity index (χ1v) is 7.57. The number of amides is 2. The smallest absolute Gasteiger partial charge is 0.326 e. The number of rotatable bonds is 7.